The topological polar surface area (TPSA) is 56.2 Å². The average Bonchev–Trinajstić information content (AvgIpc) is 2.79. The van der Waals surface area contributed by atoms with Crippen molar-refractivity contribution in [3.05, 3.63) is 35.8 Å². The molecular weight excluding hydrogens is 269 g/mol. The normalized spacial score (nSPS) is 18.6. The average molecular weight is 289 g/mol. The van der Waals surface area contributed by atoms with Crippen molar-refractivity contribution in [3.8, 4) is 0 Å². The predicted octanol–water partition coefficient (Wildman–Crippen LogP) is 4.05. The molecule has 0 spiro atoms. The Hall–Kier alpha value is -1.68. The lowest BCUT2D eigenvalue weighted by atomic mass is 9.75. The first-order chi connectivity index (χ1) is 10.2. The summed E-state index contributed by atoms with van der Waals surface area (Å²) in [5, 5.41) is 0.624. The number of rotatable bonds is 3. The number of benzene rings is 1. The number of ketones is 1. The molecule has 2 N–H and O–H groups in total. The second kappa shape index (κ2) is 5.60. The van der Waals surface area contributed by atoms with E-state index >= 15 is 0 Å². The van der Waals surface area contributed by atoms with Crippen LogP contribution in [0, 0.1) is 11.2 Å². The van der Waals surface area contributed by atoms with Crippen LogP contribution >= 0.6 is 0 Å². The van der Waals surface area contributed by atoms with Crippen LogP contribution in [0.1, 0.15) is 49.1 Å². The highest BCUT2D eigenvalue weighted by Crippen LogP contribution is 2.38. The lowest BCUT2D eigenvalue weighted by Crippen LogP contribution is -2.38. The van der Waals surface area contributed by atoms with Crippen LogP contribution in [-0.2, 0) is 0 Å². The summed E-state index contributed by atoms with van der Waals surface area (Å²) in [6.45, 7) is 0.325. The summed E-state index contributed by atoms with van der Waals surface area (Å²) in [6.07, 6.45) is 5.90. The third kappa shape index (κ3) is 2.48. The van der Waals surface area contributed by atoms with Gasteiger partial charge >= 0.3 is 0 Å². The molecule has 1 aromatic heterocycles. The van der Waals surface area contributed by atoms with Gasteiger partial charge in [-0.2, -0.15) is 0 Å². The van der Waals surface area contributed by atoms with Crippen molar-refractivity contribution in [3.63, 3.8) is 0 Å². The number of para-hydroxylation sites is 1. The number of hydrogen-bond donors (Lipinski definition) is 1. The molecule has 4 heteroatoms. The fourth-order valence-electron chi connectivity index (χ4n) is 3.33. The number of carbonyl (C=O) groups excluding carboxylic acids is 1. The zero-order valence-corrected chi connectivity index (χ0v) is 12.0. The van der Waals surface area contributed by atoms with Crippen molar-refractivity contribution in [1.29, 1.82) is 0 Å². The Morgan fingerprint density at radius 1 is 1.24 bits per heavy atom. The van der Waals surface area contributed by atoms with E-state index in [0.29, 0.717) is 11.9 Å². The SMILES string of the molecule is NCC1(C(=O)c2cc3cccc(F)c3o2)CCCCCC1. The van der Waals surface area contributed by atoms with Crippen molar-refractivity contribution < 1.29 is 13.6 Å². The summed E-state index contributed by atoms with van der Waals surface area (Å²) in [7, 11) is 0. The van der Waals surface area contributed by atoms with Crippen molar-refractivity contribution in [2.45, 2.75) is 38.5 Å². The molecule has 2 aromatic rings. The highest BCUT2D eigenvalue weighted by Gasteiger charge is 2.39. The van der Waals surface area contributed by atoms with Gasteiger partial charge in [-0.05, 0) is 25.0 Å². The molecule has 0 bridgehead atoms. The van der Waals surface area contributed by atoms with Gasteiger partial charge in [-0.3, -0.25) is 4.79 Å². The molecule has 1 aromatic carbocycles. The lowest BCUT2D eigenvalue weighted by molar-refractivity contribution is 0.0745. The Morgan fingerprint density at radius 2 is 1.95 bits per heavy atom. The number of hydrogen-bond acceptors (Lipinski definition) is 3. The molecule has 21 heavy (non-hydrogen) atoms. The first-order valence-corrected chi connectivity index (χ1v) is 7.59. The van der Waals surface area contributed by atoms with E-state index in [1.807, 2.05) is 0 Å². The number of nitrogens with two attached hydrogens (primary N) is 1. The number of furan rings is 1. The Labute approximate surface area is 123 Å². The maximum atomic E-state index is 13.7. The van der Waals surface area contributed by atoms with Gasteiger partial charge in [0.25, 0.3) is 0 Å². The molecule has 3 nitrogen and oxygen atoms in total. The first-order valence-electron chi connectivity index (χ1n) is 7.59. The summed E-state index contributed by atoms with van der Waals surface area (Å²) in [6, 6.07) is 6.35. The molecule has 0 amide bonds. The highest BCUT2D eigenvalue weighted by molar-refractivity contribution is 6.01. The minimum Gasteiger partial charge on any atom is -0.450 e. The molecule has 0 radical (unpaired) electrons. The fourth-order valence-corrected chi connectivity index (χ4v) is 3.33. The van der Waals surface area contributed by atoms with Crippen molar-refractivity contribution >= 4 is 16.8 Å². The van der Waals surface area contributed by atoms with Crippen LogP contribution in [0.25, 0.3) is 11.0 Å². The number of fused-ring (bicyclic) bond motifs is 1. The lowest BCUT2D eigenvalue weighted by Gasteiger charge is -2.28. The highest BCUT2D eigenvalue weighted by atomic mass is 19.1. The van der Waals surface area contributed by atoms with E-state index in [4.69, 9.17) is 10.2 Å². The first kappa shape index (κ1) is 14.3. The maximum Gasteiger partial charge on any atom is 0.205 e. The van der Waals surface area contributed by atoms with Crippen LogP contribution in [0.15, 0.2) is 28.7 Å². The molecule has 1 aliphatic rings. The summed E-state index contributed by atoms with van der Waals surface area (Å²) >= 11 is 0. The molecular formula is C17H20FNO2. The zero-order valence-electron chi connectivity index (χ0n) is 12.0. The Balaban J connectivity index is 1.99. The third-order valence-corrected chi connectivity index (χ3v) is 4.65. The van der Waals surface area contributed by atoms with Gasteiger partial charge in [0.15, 0.2) is 17.2 Å². The van der Waals surface area contributed by atoms with Gasteiger partial charge in [0.2, 0.25) is 5.78 Å². The molecule has 3 rings (SSSR count). The summed E-state index contributed by atoms with van der Waals surface area (Å²) < 4.78 is 19.2. The van der Waals surface area contributed by atoms with Crippen LogP contribution < -0.4 is 5.73 Å². The van der Waals surface area contributed by atoms with Gasteiger partial charge in [-0.1, -0.05) is 37.8 Å². The van der Waals surface area contributed by atoms with Crippen LogP contribution in [0.4, 0.5) is 4.39 Å². The molecule has 0 unspecified atom stereocenters. The molecule has 1 heterocycles. The molecule has 1 saturated carbocycles. The molecule has 0 aliphatic heterocycles. The van der Waals surface area contributed by atoms with Crippen LogP contribution in [0.5, 0.6) is 0 Å². The number of carbonyl (C=O) groups is 1. The molecule has 1 aliphatic carbocycles. The minimum absolute atomic E-state index is 0.0671. The second-order valence-electron chi connectivity index (χ2n) is 6.00. The fraction of sp³-hybridized carbons (Fsp3) is 0.471. The summed E-state index contributed by atoms with van der Waals surface area (Å²) in [4.78, 5) is 12.9. The van der Waals surface area contributed by atoms with Gasteiger partial charge in [0.05, 0.1) is 0 Å². The molecule has 0 saturated heterocycles. The van der Waals surface area contributed by atoms with Crippen molar-refractivity contribution in [1.82, 2.24) is 0 Å². The standard InChI is InChI=1S/C17H20FNO2/c18-13-7-5-6-12-10-14(21-15(12)13)16(20)17(11-19)8-3-1-2-4-9-17/h5-7,10H,1-4,8-9,11,19H2. The monoisotopic (exact) mass is 289 g/mol. The van der Waals surface area contributed by atoms with E-state index in [0.717, 1.165) is 38.5 Å². The summed E-state index contributed by atoms with van der Waals surface area (Å²) in [5.41, 5.74) is 5.55. The molecule has 0 atom stereocenters. The third-order valence-electron chi connectivity index (χ3n) is 4.65. The van der Waals surface area contributed by atoms with E-state index in [1.54, 1.807) is 18.2 Å². The van der Waals surface area contributed by atoms with E-state index in [1.165, 1.54) is 6.07 Å². The molecule has 1 fully saturated rings. The van der Waals surface area contributed by atoms with E-state index in [2.05, 4.69) is 0 Å². The maximum absolute atomic E-state index is 13.7. The second-order valence-corrected chi connectivity index (χ2v) is 6.00. The van der Waals surface area contributed by atoms with Crippen molar-refractivity contribution in [2.24, 2.45) is 11.1 Å². The minimum atomic E-state index is -0.541. The molecule has 112 valence electrons. The zero-order chi connectivity index (χ0) is 14.9. The Bertz CT molecular complexity index is 654. The quantitative estimate of drug-likeness (QED) is 0.685. The van der Waals surface area contributed by atoms with E-state index in [-0.39, 0.29) is 17.1 Å². The number of Topliss-reactive ketones (excluding diaryl/α,β-unsaturated/α-hetero) is 1. The Morgan fingerprint density at radius 3 is 2.57 bits per heavy atom. The Kier molecular flexibility index (Phi) is 3.81. The predicted molar refractivity (Wildman–Crippen MR) is 79.7 cm³/mol. The number of halogens is 1. The van der Waals surface area contributed by atoms with Crippen molar-refractivity contribution in [2.75, 3.05) is 6.54 Å². The van der Waals surface area contributed by atoms with Crippen LogP contribution in [-0.4, -0.2) is 12.3 Å². The summed E-state index contributed by atoms with van der Waals surface area (Å²) in [5.74, 6) is -0.265. The van der Waals surface area contributed by atoms with Crippen LogP contribution in [0.3, 0.4) is 0 Å². The van der Waals surface area contributed by atoms with E-state index < -0.39 is 11.2 Å². The van der Waals surface area contributed by atoms with Gasteiger partial charge in [-0.15, -0.1) is 0 Å². The van der Waals surface area contributed by atoms with Gasteiger partial charge < -0.3 is 10.2 Å². The smallest absolute Gasteiger partial charge is 0.205 e. The van der Waals surface area contributed by atoms with Gasteiger partial charge in [0, 0.05) is 17.3 Å². The van der Waals surface area contributed by atoms with Crippen LogP contribution in [0.2, 0.25) is 0 Å². The van der Waals surface area contributed by atoms with E-state index in [9.17, 15) is 9.18 Å². The van der Waals surface area contributed by atoms with Gasteiger partial charge in [-0.25, -0.2) is 4.39 Å². The van der Waals surface area contributed by atoms with Gasteiger partial charge in [0.1, 0.15) is 0 Å². The largest absolute Gasteiger partial charge is 0.450 e.